The van der Waals surface area contributed by atoms with Gasteiger partial charge in [-0.25, -0.2) is 4.39 Å². The molecule has 1 N–H and O–H groups in total. The first-order chi connectivity index (χ1) is 16.8. The molecule has 1 fully saturated rings. The Balaban J connectivity index is 1.80. The average molecular weight is 496 g/mol. The Hall–Kier alpha value is -3.84. The minimum absolute atomic E-state index is 0.0557. The molecule has 8 heteroatoms. The van der Waals surface area contributed by atoms with Gasteiger partial charge in [0, 0.05) is 17.6 Å². The van der Waals surface area contributed by atoms with Crippen LogP contribution in [0, 0.1) is 5.82 Å². The van der Waals surface area contributed by atoms with Crippen molar-refractivity contribution in [2.45, 2.75) is 12.5 Å². The molecule has 1 atom stereocenters. The van der Waals surface area contributed by atoms with Crippen LogP contribution in [0.25, 0.3) is 5.76 Å². The summed E-state index contributed by atoms with van der Waals surface area (Å²) in [6.07, 6.45) is 0.392. The number of hydrogen-bond donors (Lipinski definition) is 1. The summed E-state index contributed by atoms with van der Waals surface area (Å²) in [5.74, 6) is -1.46. The standard InChI is InChI=1S/C27H23ClFNO5/c1-34-20-11-12-21(22(15-20)35-2)25(31)23-24(17-5-7-18(28)8-6-17)30(27(33)26(23)32)14-13-16-3-9-19(29)10-4-16/h3-12,15,24,31H,13-14H2,1-2H3/b25-23-. The van der Waals surface area contributed by atoms with Crippen molar-refractivity contribution in [2.75, 3.05) is 20.8 Å². The number of methoxy groups -OCH3 is 2. The molecule has 3 aromatic carbocycles. The van der Waals surface area contributed by atoms with E-state index in [-0.39, 0.29) is 35.0 Å². The molecule has 1 heterocycles. The Morgan fingerprint density at radius 1 is 1.00 bits per heavy atom. The lowest BCUT2D eigenvalue weighted by atomic mass is 9.95. The number of Topliss-reactive ketones (excluding diaryl/α,β-unsaturated/α-hetero) is 1. The molecule has 1 amide bonds. The van der Waals surface area contributed by atoms with Crippen LogP contribution in [0.2, 0.25) is 5.02 Å². The molecule has 0 bridgehead atoms. The molecule has 0 aliphatic carbocycles. The second-order valence-corrected chi connectivity index (χ2v) is 8.42. The molecule has 1 saturated heterocycles. The van der Waals surface area contributed by atoms with Crippen molar-refractivity contribution in [3.63, 3.8) is 0 Å². The van der Waals surface area contributed by atoms with Gasteiger partial charge in [-0.05, 0) is 53.9 Å². The van der Waals surface area contributed by atoms with Crippen molar-refractivity contribution >= 4 is 29.1 Å². The van der Waals surface area contributed by atoms with Gasteiger partial charge < -0.3 is 19.5 Å². The SMILES string of the molecule is COc1ccc(/C(O)=C2/C(=O)C(=O)N(CCc3ccc(F)cc3)C2c2ccc(Cl)cc2)c(OC)c1. The zero-order valence-electron chi connectivity index (χ0n) is 19.1. The highest BCUT2D eigenvalue weighted by atomic mass is 35.5. The lowest BCUT2D eigenvalue weighted by Crippen LogP contribution is -2.31. The Morgan fingerprint density at radius 3 is 2.31 bits per heavy atom. The minimum atomic E-state index is -0.848. The number of nitrogens with zero attached hydrogens (tertiary/aromatic N) is 1. The topological polar surface area (TPSA) is 76.1 Å². The second kappa shape index (κ2) is 10.2. The van der Waals surface area contributed by atoms with E-state index in [1.54, 1.807) is 54.6 Å². The molecule has 0 saturated carbocycles. The molecule has 0 spiro atoms. The first-order valence-electron chi connectivity index (χ1n) is 10.8. The number of amides is 1. The molecule has 0 aromatic heterocycles. The Morgan fingerprint density at radius 2 is 1.69 bits per heavy atom. The van der Waals surface area contributed by atoms with E-state index >= 15 is 0 Å². The van der Waals surface area contributed by atoms with Crippen molar-refractivity contribution in [1.29, 1.82) is 0 Å². The van der Waals surface area contributed by atoms with E-state index in [0.717, 1.165) is 5.56 Å². The maximum atomic E-state index is 13.3. The maximum absolute atomic E-state index is 13.3. The third-order valence-corrected chi connectivity index (χ3v) is 6.20. The largest absolute Gasteiger partial charge is 0.507 e. The van der Waals surface area contributed by atoms with Crippen LogP contribution >= 0.6 is 11.6 Å². The van der Waals surface area contributed by atoms with Crippen LogP contribution < -0.4 is 9.47 Å². The van der Waals surface area contributed by atoms with Crippen LogP contribution in [-0.2, 0) is 16.0 Å². The monoisotopic (exact) mass is 495 g/mol. The first-order valence-corrected chi connectivity index (χ1v) is 11.2. The second-order valence-electron chi connectivity index (χ2n) is 7.99. The number of halogens is 2. The zero-order valence-corrected chi connectivity index (χ0v) is 19.9. The molecule has 0 radical (unpaired) electrons. The van der Waals surface area contributed by atoms with Gasteiger partial charge in [-0.3, -0.25) is 9.59 Å². The van der Waals surface area contributed by atoms with E-state index in [1.165, 1.54) is 31.3 Å². The Labute approximate surface area is 207 Å². The van der Waals surface area contributed by atoms with Gasteiger partial charge in [0.05, 0.1) is 31.4 Å². The van der Waals surface area contributed by atoms with Crippen LogP contribution in [0.15, 0.2) is 72.3 Å². The van der Waals surface area contributed by atoms with Gasteiger partial charge >= 0.3 is 0 Å². The molecule has 4 rings (SSSR count). The van der Waals surface area contributed by atoms with E-state index < -0.39 is 17.7 Å². The molecule has 180 valence electrons. The third-order valence-electron chi connectivity index (χ3n) is 5.94. The fourth-order valence-electron chi connectivity index (χ4n) is 4.14. The maximum Gasteiger partial charge on any atom is 0.295 e. The van der Waals surface area contributed by atoms with E-state index in [1.807, 2.05) is 0 Å². The van der Waals surface area contributed by atoms with Crippen LogP contribution in [0.4, 0.5) is 4.39 Å². The zero-order chi connectivity index (χ0) is 25.1. The molecule has 35 heavy (non-hydrogen) atoms. The van der Waals surface area contributed by atoms with Crippen molar-refractivity contribution in [3.8, 4) is 11.5 Å². The van der Waals surface area contributed by atoms with Gasteiger partial charge in [-0.15, -0.1) is 0 Å². The Bertz CT molecular complexity index is 1290. The number of benzene rings is 3. The fourth-order valence-corrected chi connectivity index (χ4v) is 4.27. The normalized spacial score (nSPS) is 17.0. The van der Waals surface area contributed by atoms with Crippen LogP contribution in [0.3, 0.4) is 0 Å². The third kappa shape index (κ3) is 4.86. The highest BCUT2D eigenvalue weighted by molar-refractivity contribution is 6.46. The van der Waals surface area contributed by atoms with Gasteiger partial charge in [0.25, 0.3) is 11.7 Å². The number of aliphatic hydroxyl groups is 1. The van der Waals surface area contributed by atoms with Crippen molar-refractivity contribution in [2.24, 2.45) is 0 Å². The van der Waals surface area contributed by atoms with Gasteiger partial charge in [-0.2, -0.15) is 0 Å². The minimum Gasteiger partial charge on any atom is -0.507 e. The molecule has 1 unspecified atom stereocenters. The molecular formula is C27H23ClFNO5. The summed E-state index contributed by atoms with van der Waals surface area (Å²) in [7, 11) is 2.94. The highest BCUT2D eigenvalue weighted by Gasteiger charge is 2.46. The summed E-state index contributed by atoms with van der Waals surface area (Å²) in [6.45, 7) is 0.181. The summed E-state index contributed by atoms with van der Waals surface area (Å²) in [5.41, 5.74) is 1.62. The van der Waals surface area contributed by atoms with Crippen molar-refractivity contribution < 1.29 is 28.6 Å². The predicted octanol–water partition coefficient (Wildman–Crippen LogP) is 5.16. The number of ketones is 1. The van der Waals surface area contributed by atoms with Gasteiger partial charge in [0.15, 0.2) is 0 Å². The van der Waals surface area contributed by atoms with Gasteiger partial charge in [0.2, 0.25) is 0 Å². The fraction of sp³-hybridized carbons (Fsp3) is 0.185. The quantitative estimate of drug-likeness (QED) is 0.278. The first kappa shape index (κ1) is 24.3. The number of carbonyl (C=O) groups excluding carboxylic acids is 2. The number of aliphatic hydroxyl groups excluding tert-OH is 1. The molecule has 3 aromatic rings. The predicted molar refractivity (Wildman–Crippen MR) is 130 cm³/mol. The lowest BCUT2D eigenvalue weighted by molar-refractivity contribution is -0.139. The van der Waals surface area contributed by atoms with E-state index in [4.69, 9.17) is 21.1 Å². The summed E-state index contributed by atoms with van der Waals surface area (Å²) >= 11 is 6.06. The Kier molecular flexibility index (Phi) is 7.07. The number of ether oxygens (including phenoxy) is 2. The average Bonchev–Trinajstić information content (AvgIpc) is 3.13. The summed E-state index contributed by atoms with van der Waals surface area (Å²) in [6, 6.07) is 16.6. The molecule has 1 aliphatic heterocycles. The van der Waals surface area contributed by atoms with Gasteiger partial charge in [-0.1, -0.05) is 35.9 Å². The number of rotatable bonds is 7. The van der Waals surface area contributed by atoms with E-state index in [2.05, 4.69) is 0 Å². The van der Waals surface area contributed by atoms with E-state index in [9.17, 15) is 19.1 Å². The highest BCUT2D eigenvalue weighted by Crippen LogP contribution is 2.41. The number of carbonyl (C=O) groups is 2. The van der Waals surface area contributed by atoms with Crippen LogP contribution in [0.1, 0.15) is 22.7 Å². The summed E-state index contributed by atoms with van der Waals surface area (Å²) < 4.78 is 23.9. The molecule has 1 aliphatic rings. The summed E-state index contributed by atoms with van der Waals surface area (Å²) in [5, 5.41) is 11.8. The smallest absolute Gasteiger partial charge is 0.295 e. The lowest BCUT2D eigenvalue weighted by Gasteiger charge is -2.25. The van der Waals surface area contributed by atoms with Crippen LogP contribution in [-0.4, -0.2) is 42.5 Å². The van der Waals surface area contributed by atoms with Gasteiger partial charge in [0.1, 0.15) is 23.1 Å². The number of hydrogen-bond acceptors (Lipinski definition) is 5. The summed E-state index contributed by atoms with van der Waals surface area (Å²) in [4.78, 5) is 27.7. The molecular weight excluding hydrogens is 473 g/mol. The van der Waals surface area contributed by atoms with Crippen molar-refractivity contribution in [3.05, 3.63) is 99.8 Å². The van der Waals surface area contributed by atoms with E-state index in [0.29, 0.717) is 22.8 Å². The number of likely N-dealkylation sites (tertiary alicyclic amines) is 1. The molecule has 6 nitrogen and oxygen atoms in total. The van der Waals surface area contributed by atoms with Crippen LogP contribution in [0.5, 0.6) is 11.5 Å². The van der Waals surface area contributed by atoms with Crippen molar-refractivity contribution in [1.82, 2.24) is 4.90 Å².